The van der Waals surface area contributed by atoms with Crippen LogP contribution >= 0.6 is 0 Å². The minimum atomic E-state index is -0.831. The highest BCUT2D eigenvalue weighted by Crippen LogP contribution is 2.15. The number of rotatable bonds is 35. The molecule has 0 aliphatic rings. The van der Waals surface area contributed by atoms with Crippen LogP contribution in [0, 0.1) is 0 Å². The summed E-state index contributed by atoms with van der Waals surface area (Å²) in [6.45, 7) is 4.29. The van der Waals surface area contributed by atoms with E-state index in [0.29, 0.717) is 6.42 Å². The summed E-state index contributed by atoms with van der Waals surface area (Å²) in [5, 5.41) is 22.9. The molecule has 0 aromatic carbocycles. The largest absolute Gasteiger partial charge is 0.394 e. The molecule has 0 fully saturated rings. The van der Waals surface area contributed by atoms with Crippen molar-refractivity contribution in [3.8, 4) is 0 Å². The van der Waals surface area contributed by atoms with E-state index in [2.05, 4.69) is 19.2 Å². The number of nitrogens with one attached hydrogen (secondary N) is 1. The van der Waals surface area contributed by atoms with Gasteiger partial charge in [-0.3, -0.25) is 4.79 Å². The predicted molar refractivity (Wildman–Crippen MR) is 189 cm³/mol. The predicted octanol–water partition coefficient (Wildman–Crippen LogP) is 11.5. The zero-order valence-corrected chi connectivity index (χ0v) is 29.2. The lowest BCUT2D eigenvalue weighted by Crippen LogP contribution is -2.45. The van der Waals surface area contributed by atoms with Crippen molar-refractivity contribution in [1.29, 1.82) is 0 Å². The smallest absolute Gasteiger partial charge is 0.220 e. The van der Waals surface area contributed by atoms with Crippen LogP contribution in [-0.4, -0.2) is 34.9 Å². The summed E-state index contributed by atoms with van der Waals surface area (Å²) in [6.07, 6.45) is 43.1. The molecule has 1 amide bonds. The summed E-state index contributed by atoms with van der Waals surface area (Å²) in [5.74, 6) is -0.0662. The Labute approximate surface area is 269 Å². The zero-order chi connectivity index (χ0) is 31.5. The molecule has 4 heteroatoms. The van der Waals surface area contributed by atoms with Crippen molar-refractivity contribution in [2.24, 2.45) is 0 Å². The molecule has 0 aliphatic carbocycles. The van der Waals surface area contributed by atoms with Crippen molar-refractivity contribution >= 4 is 5.91 Å². The van der Waals surface area contributed by atoms with E-state index in [9.17, 15) is 15.0 Å². The summed E-state index contributed by atoms with van der Waals surface area (Å²) in [6, 6.07) is -0.614. The molecule has 0 aliphatic heterocycles. The Hall–Kier alpha value is -0.870. The highest BCUT2D eigenvalue weighted by molar-refractivity contribution is 5.76. The summed E-state index contributed by atoms with van der Waals surface area (Å²) in [5.41, 5.74) is 0. The number of hydrogen-bond acceptors (Lipinski definition) is 3. The lowest BCUT2D eigenvalue weighted by molar-refractivity contribution is -0.123. The molecule has 0 saturated heterocycles. The van der Waals surface area contributed by atoms with Gasteiger partial charge < -0.3 is 15.5 Å². The lowest BCUT2D eigenvalue weighted by atomic mass is 10.0. The maximum atomic E-state index is 12.2. The van der Waals surface area contributed by atoms with Crippen LogP contribution in [0.4, 0.5) is 0 Å². The third kappa shape index (κ3) is 32.3. The van der Waals surface area contributed by atoms with E-state index in [1.165, 1.54) is 167 Å². The molecule has 0 aromatic rings. The van der Waals surface area contributed by atoms with Gasteiger partial charge in [0.2, 0.25) is 5.91 Å². The van der Waals surface area contributed by atoms with E-state index in [-0.39, 0.29) is 12.5 Å². The molecule has 3 N–H and O–H groups in total. The van der Waals surface area contributed by atoms with E-state index in [0.717, 1.165) is 25.7 Å². The standard InChI is InChI=1S/C39H77NO3/c1-3-5-7-9-11-13-14-15-16-17-18-19-20-21-22-23-24-25-27-28-30-32-34-38(42)37(36-41)40-39(43)35-33-31-29-26-12-10-8-6-4-2/h32,34,37-38,41-42H,3-31,33,35-36H2,1-2H3,(H,40,43)/b34-32+. The van der Waals surface area contributed by atoms with Crippen molar-refractivity contribution in [3.05, 3.63) is 12.2 Å². The first-order valence-corrected chi connectivity index (χ1v) is 19.4. The molecular weight excluding hydrogens is 530 g/mol. The number of carbonyl (C=O) groups excluding carboxylic acids is 1. The lowest BCUT2D eigenvalue weighted by Gasteiger charge is -2.20. The number of hydrogen-bond donors (Lipinski definition) is 3. The molecule has 0 spiro atoms. The average molecular weight is 608 g/mol. The number of aliphatic hydroxyl groups excluding tert-OH is 2. The Bertz CT molecular complexity index is 579. The van der Waals surface area contributed by atoms with Gasteiger partial charge in [0, 0.05) is 6.42 Å². The maximum absolute atomic E-state index is 12.2. The third-order valence-electron chi connectivity index (χ3n) is 9.02. The third-order valence-corrected chi connectivity index (χ3v) is 9.02. The van der Waals surface area contributed by atoms with Gasteiger partial charge in [0.05, 0.1) is 18.8 Å². The van der Waals surface area contributed by atoms with Crippen molar-refractivity contribution in [1.82, 2.24) is 5.32 Å². The zero-order valence-electron chi connectivity index (χ0n) is 29.2. The minimum Gasteiger partial charge on any atom is -0.394 e. The van der Waals surface area contributed by atoms with Crippen LogP contribution in [0.5, 0.6) is 0 Å². The molecule has 0 aromatic heterocycles. The molecule has 0 saturated carbocycles. The second kappa shape index (κ2) is 35.6. The highest BCUT2D eigenvalue weighted by Gasteiger charge is 2.17. The van der Waals surface area contributed by atoms with Crippen molar-refractivity contribution in [2.75, 3.05) is 6.61 Å². The summed E-state index contributed by atoms with van der Waals surface area (Å²) < 4.78 is 0. The van der Waals surface area contributed by atoms with Gasteiger partial charge in [0.25, 0.3) is 0 Å². The van der Waals surface area contributed by atoms with Gasteiger partial charge in [-0.05, 0) is 19.3 Å². The molecular formula is C39H77NO3. The van der Waals surface area contributed by atoms with Gasteiger partial charge in [-0.15, -0.1) is 0 Å². The fourth-order valence-electron chi connectivity index (χ4n) is 6.00. The number of unbranched alkanes of at least 4 members (excludes halogenated alkanes) is 28. The van der Waals surface area contributed by atoms with Crippen LogP contribution in [0.1, 0.15) is 213 Å². The van der Waals surface area contributed by atoms with Gasteiger partial charge in [-0.1, -0.05) is 199 Å². The van der Waals surface area contributed by atoms with Crippen LogP contribution < -0.4 is 5.32 Å². The maximum Gasteiger partial charge on any atom is 0.220 e. The van der Waals surface area contributed by atoms with Crippen molar-refractivity contribution in [3.63, 3.8) is 0 Å². The number of carbonyl (C=O) groups is 1. The molecule has 0 rings (SSSR count). The summed E-state index contributed by atoms with van der Waals surface area (Å²) in [4.78, 5) is 12.2. The molecule has 256 valence electrons. The van der Waals surface area contributed by atoms with Crippen molar-refractivity contribution in [2.45, 2.75) is 225 Å². The van der Waals surface area contributed by atoms with Crippen molar-refractivity contribution < 1.29 is 15.0 Å². The minimum absolute atomic E-state index is 0.0662. The van der Waals surface area contributed by atoms with Gasteiger partial charge in [-0.25, -0.2) is 0 Å². The fraction of sp³-hybridized carbons (Fsp3) is 0.923. The monoisotopic (exact) mass is 608 g/mol. The Morgan fingerprint density at radius 2 is 0.860 bits per heavy atom. The van der Waals surface area contributed by atoms with E-state index < -0.39 is 12.1 Å². The Morgan fingerprint density at radius 3 is 1.21 bits per heavy atom. The van der Waals surface area contributed by atoms with E-state index >= 15 is 0 Å². The fourth-order valence-corrected chi connectivity index (χ4v) is 6.00. The summed E-state index contributed by atoms with van der Waals surface area (Å²) in [7, 11) is 0. The van der Waals surface area contributed by atoms with Crippen LogP contribution in [0.25, 0.3) is 0 Å². The van der Waals surface area contributed by atoms with Gasteiger partial charge in [0.1, 0.15) is 0 Å². The second-order valence-corrected chi connectivity index (χ2v) is 13.4. The Morgan fingerprint density at radius 1 is 0.535 bits per heavy atom. The molecule has 43 heavy (non-hydrogen) atoms. The highest BCUT2D eigenvalue weighted by atomic mass is 16.3. The van der Waals surface area contributed by atoms with E-state index in [4.69, 9.17) is 0 Å². The molecule has 0 radical (unpaired) electrons. The van der Waals surface area contributed by atoms with Crippen LogP contribution in [0.3, 0.4) is 0 Å². The first-order valence-electron chi connectivity index (χ1n) is 19.4. The first kappa shape index (κ1) is 42.1. The van der Waals surface area contributed by atoms with Crippen LogP contribution in [0.15, 0.2) is 12.2 Å². The van der Waals surface area contributed by atoms with Crippen LogP contribution in [-0.2, 0) is 4.79 Å². The SMILES string of the molecule is CCCCCCCCCCCCCCCCCCCCCC/C=C/C(O)C(CO)NC(=O)CCCCCCCCCCC. The summed E-state index contributed by atoms with van der Waals surface area (Å²) >= 11 is 0. The normalized spacial score (nSPS) is 13.1. The van der Waals surface area contributed by atoms with Gasteiger partial charge >= 0.3 is 0 Å². The van der Waals surface area contributed by atoms with E-state index in [1.54, 1.807) is 6.08 Å². The first-order chi connectivity index (χ1) is 21.2. The van der Waals surface area contributed by atoms with Gasteiger partial charge in [0.15, 0.2) is 0 Å². The van der Waals surface area contributed by atoms with E-state index in [1.807, 2.05) is 6.08 Å². The topological polar surface area (TPSA) is 69.6 Å². The second-order valence-electron chi connectivity index (χ2n) is 13.4. The molecule has 2 unspecified atom stereocenters. The number of aliphatic hydroxyl groups is 2. The van der Waals surface area contributed by atoms with Crippen LogP contribution in [0.2, 0.25) is 0 Å². The molecule has 0 bridgehead atoms. The molecule has 0 heterocycles. The average Bonchev–Trinajstić information content (AvgIpc) is 3.01. The number of amides is 1. The quantitative estimate of drug-likeness (QED) is 0.0496. The van der Waals surface area contributed by atoms with Gasteiger partial charge in [-0.2, -0.15) is 0 Å². The molecule has 4 nitrogen and oxygen atoms in total. The Kier molecular flexibility index (Phi) is 34.9. The molecule has 2 atom stereocenters. The Balaban J connectivity index is 3.51. The number of allylic oxidation sites excluding steroid dienone is 1.